The molecule has 0 aromatic heterocycles. The van der Waals surface area contributed by atoms with Crippen molar-refractivity contribution in [2.24, 2.45) is 0 Å². The van der Waals surface area contributed by atoms with Crippen LogP contribution in [0.15, 0.2) is 30.3 Å². The van der Waals surface area contributed by atoms with Gasteiger partial charge in [0.05, 0.1) is 17.2 Å². The molecule has 0 heterocycles. The van der Waals surface area contributed by atoms with Crippen molar-refractivity contribution in [1.82, 2.24) is 0 Å². The number of ether oxygens (including phenoxy) is 1. The van der Waals surface area contributed by atoms with Crippen LogP contribution in [0.4, 0.5) is 0 Å². The topological polar surface area (TPSA) is 26.3 Å². The van der Waals surface area contributed by atoms with Crippen molar-refractivity contribution in [3.8, 4) is 0 Å². The van der Waals surface area contributed by atoms with E-state index < -0.39 is 0 Å². The highest BCUT2D eigenvalue weighted by molar-refractivity contribution is 8.23. The van der Waals surface area contributed by atoms with Crippen LogP contribution in [0.25, 0.3) is 0 Å². The average molecular weight is 282 g/mol. The van der Waals surface area contributed by atoms with Crippen LogP contribution in [-0.4, -0.2) is 22.5 Å². The SMILES string of the molecule is CCCCOC(=O)CCSC(=S)c1ccccc1. The van der Waals surface area contributed by atoms with Crippen LogP contribution in [0.2, 0.25) is 0 Å². The molecule has 18 heavy (non-hydrogen) atoms. The van der Waals surface area contributed by atoms with E-state index in [0.29, 0.717) is 18.8 Å². The number of unbranched alkanes of at least 4 members (excludes halogenated alkanes) is 1. The molecule has 0 fully saturated rings. The summed E-state index contributed by atoms with van der Waals surface area (Å²) >= 11 is 6.82. The minimum Gasteiger partial charge on any atom is -0.466 e. The lowest BCUT2D eigenvalue weighted by Gasteiger charge is -2.05. The lowest BCUT2D eigenvalue weighted by atomic mass is 10.2. The molecule has 1 rings (SSSR count). The van der Waals surface area contributed by atoms with E-state index >= 15 is 0 Å². The van der Waals surface area contributed by atoms with Gasteiger partial charge in [0, 0.05) is 5.75 Å². The van der Waals surface area contributed by atoms with Gasteiger partial charge in [0.2, 0.25) is 0 Å². The lowest BCUT2D eigenvalue weighted by molar-refractivity contribution is -0.143. The molecule has 4 heteroatoms. The number of hydrogen-bond donors (Lipinski definition) is 0. The first-order valence-corrected chi connectivity index (χ1v) is 7.51. The molecule has 0 aliphatic rings. The van der Waals surface area contributed by atoms with Gasteiger partial charge in [0.15, 0.2) is 0 Å². The third-order valence-corrected chi connectivity index (χ3v) is 3.81. The van der Waals surface area contributed by atoms with Crippen LogP contribution in [-0.2, 0) is 9.53 Å². The summed E-state index contributed by atoms with van der Waals surface area (Å²) in [5.41, 5.74) is 1.04. The molecular formula is C14H18O2S2. The van der Waals surface area contributed by atoms with Crippen LogP contribution in [0, 0.1) is 0 Å². The Morgan fingerprint density at radius 1 is 1.33 bits per heavy atom. The Bertz CT molecular complexity index is 377. The number of carbonyl (C=O) groups excluding carboxylic acids is 1. The van der Waals surface area contributed by atoms with E-state index in [1.54, 1.807) is 0 Å². The van der Waals surface area contributed by atoms with Gasteiger partial charge in [-0.3, -0.25) is 4.79 Å². The molecular weight excluding hydrogens is 264 g/mol. The monoisotopic (exact) mass is 282 g/mol. The van der Waals surface area contributed by atoms with E-state index in [-0.39, 0.29) is 5.97 Å². The second-order valence-electron chi connectivity index (χ2n) is 3.83. The maximum Gasteiger partial charge on any atom is 0.306 e. The highest BCUT2D eigenvalue weighted by atomic mass is 32.2. The van der Waals surface area contributed by atoms with Crippen molar-refractivity contribution in [2.45, 2.75) is 26.2 Å². The quantitative estimate of drug-likeness (QED) is 0.431. The molecule has 2 nitrogen and oxygen atoms in total. The number of rotatable bonds is 7. The zero-order valence-corrected chi connectivity index (χ0v) is 12.2. The van der Waals surface area contributed by atoms with Crippen molar-refractivity contribution in [3.63, 3.8) is 0 Å². The van der Waals surface area contributed by atoms with Gasteiger partial charge in [0.1, 0.15) is 0 Å². The number of esters is 1. The smallest absolute Gasteiger partial charge is 0.306 e. The third-order valence-electron chi connectivity index (χ3n) is 2.31. The molecule has 0 saturated heterocycles. The number of hydrogen-bond acceptors (Lipinski definition) is 4. The molecule has 98 valence electrons. The van der Waals surface area contributed by atoms with Gasteiger partial charge >= 0.3 is 5.97 Å². The fourth-order valence-electron chi connectivity index (χ4n) is 1.29. The fraction of sp³-hybridized carbons (Fsp3) is 0.429. The van der Waals surface area contributed by atoms with Crippen LogP contribution >= 0.6 is 24.0 Å². The Morgan fingerprint density at radius 2 is 2.06 bits per heavy atom. The Labute approximate surface area is 118 Å². The number of thiocarbonyl (C=S) groups is 1. The van der Waals surface area contributed by atoms with Crippen molar-refractivity contribution >= 4 is 34.1 Å². The number of benzene rings is 1. The maximum atomic E-state index is 11.4. The summed E-state index contributed by atoms with van der Waals surface area (Å²) < 4.78 is 5.90. The van der Waals surface area contributed by atoms with Crippen LogP contribution in [0.5, 0.6) is 0 Å². The maximum absolute atomic E-state index is 11.4. The summed E-state index contributed by atoms with van der Waals surface area (Å²) in [6.45, 7) is 2.60. The first kappa shape index (κ1) is 15.2. The van der Waals surface area contributed by atoms with Gasteiger partial charge in [-0.25, -0.2) is 0 Å². The van der Waals surface area contributed by atoms with E-state index in [1.807, 2.05) is 30.3 Å². The molecule has 1 aromatic carbocycles. The lowest BCUT2D eigenvalue weighted by Crippen LogP contribution is -2.07. The molecule has 0 aliphatic carbocycles. The largest absolute Gasteiger partial charge is 0.466 e. The normalized spacial score (nSPS) is 10.1. The average Bonchev–Trinajstić information content (AvgIpc) is 2.40. The first-order chi connectivity index (χ1) is 8.74. The van der Waals surface area contributed by atoms with Gasteiger partial charge in [-0.2, -0.15) is 0 Å². The molecule has 1 aromatic rings. The standard InChI is InChI=1S/C14H18O2S2/c1-2-3-10-16-13(15)9-11-18-14(17)12-7-5-4-6-8-12/h4-8H,2-3,9-11H2,1H3. The minimum atomic E-state index is -0.133. The summed E-state index contributed by atoms with van der Waals surface area (Å²) in [5.74, 6) is 0.547. The zero-order valence-electron chi connectivity index (χ0n) is 10.6. The van der Waals surface area contributed by atoms with Gasteiger partial charge in [0.25, 0.3) is 0 Å². The summed E-state index contributed by atoms with van der Waals surface area (Å²) in [6, 6.07) is 9.84. The number of thioether (sulfide) groups is 1. The third kappa shape index (κ3) is 6.17. The van der Waals surface area contributed by atoms with E-state index in [2.05, 4.69) is 6.92 Å². The molecule has 0 N–H and O–H groups in total. The molecule has 0 atom stereocenters. The minimum absolute atomic E-state index is 0.133. The van der Waals surface area contributed by atoms with E-state index in [0.717, 1.165) is 22.6 Å². The predicted octanol–water partition coefficient (Wildman–Crippen LogP) is 3.83. The van der Waals surface area contributed by atoms with Crippen molar-refractivity contribution in [1.29, 1.82) is 0 Å². The van der Waals surface area contributed by atoms with Gasteiger partial charge in [-0.15, -0.1) is 11.8 Å². The van der Waals surface area contributed by atoms with E-state index in [1.165, 1.54) is 11.8 Å². The van der Waals surface area contributed by atoms with Gasteiger partial charge < -0.3 is 4.74 Å². The second kappa shape index (κ2) is 9.11. The van der Waals surface area contributed by atoms with Crippen molar-refractivity contribution < 1.29 is 9.53 Å². The van der Waals surface area contributed by atoms with E-state index in [4.69, 9.17) is 17.0 Å². The van der Waals surface area contributed by atoms with Crippen LogP contribution in [0.3, 0.4) is 0 Å². The molecule has 0 radical (unpaired) electrons. The molecule has 0 amide bonds. The summed E-state index contributed by atoms with van der Waals surface area (Å²) in [6.07, 6.45) is 2.39. The van der Waals surface area contributed by atoms with Crippen LogP contribution < -0.4 is 0 Å². The Morgan fingerprint density at radius 3 is 2.72 bits per heavy atom. The van der Waals surface area contributed by atoms with Crippen molar-refractivity contribution in [2.75, 3.05) is 12.4 Å². The van der Waals surface area contributed by atoms with Gasteiger partial charge in [-0.05, 0) is 12.0 Å². The second-order valence-corrected chi connectivity index (χ2v) is 5.60. The molecule has 0 spiro atoms. The van der Waals surface area contributed by atoms with E-state index in [9.17, 15) is 4.79 Å². The Kier molecular flexibility index (Phi) is 7.69. The highest BCUT2D eigenvalue weighted by Gasteiger charge is 2.05. The molecule has 0 unspecified atom stereocenters. The Hall–Kier alpha value is -0.870. The zero-order chi connectivity index (χ0) is 13.2. The summed E-state index contributed by atoms with van der Waals surface area (Å²) in [7, 11) is 0. The molecule has 0 bridgehead atoms. The van der Waals surface area contributed by atoms with Gasteiger partial charge in [-0.1, -0.05) is 55.9 Å². The summed E-state index contributed by atoms with van der Waals surface area (Å²) in [5, 5.41) is 0. The molecule has 0 aliphatic heterocycles. The first-order valence-electron chi connectivity index (χ1n) is 6.12. The van der Waals surface area contributed by atoms with Crippen LogP contribution in [0.1, 0.15) is 31.7 Å². The summed E-state index contributed by atoms with van der Waals surface area (Å²) in [4.78, 5) is 11.4. The number of carbonyl (C=O) groups is 1. The highest BCUT2D eigenvalue weighted by Crippen LogP contribution is 2.14. The van der Waals surface area contributed by atoms with Crippen molar-refractivity contribution in [3.05, 3.63) is 35.9 Å². The predicted molar refractivity (Wildman–Crippen MR) is 81.1 cm³/mol. The molecule has 0 saturated carbocycles. The Balaban J connectivity index is 2.18. The fourth-order valence-corrected chi connectivity index (χ4v) is 2.43.